The van der Waals surface area contributed by atoms with Gasteiger partial charge in [-0.3, -0.25) is 14.6 Å². The molecule has 8 nitrogen and oxygen atoms in total. The number of pyridine rings is 1. The third-order valence-electron chi connectivity index (χ3n) is 5.13. The minimum atomic E-state index is -0.402. The Labute approximate surface area is 196 Å². The molecule has 0 radical (unpaired) electrons. The molecule has 0 bridgehead atoms. The fourth-order valence-electron chi connectivity index (χ4n) is 3.58. The molecule has 0 aromatic carbocycles. The summed E-state index contributed by atoms with van der Waals surface area (Å²) in [5.41, 5.74) is 0.643. The van der Waals surface area contributed by atoms with Crippen LogP contribution in [0.4, 0.5) is 5.82 Å². The van der Waals surface area contributed by atoms with Gasteiger partial charge in [0.05, 0.1) is 12.0 Å². The minimum Gasteiger partial charge on any atom is -0.357 e. The predicted octanol–water partition coefficient (Wildman–Crippen LogP) is 2.54. The number of anilines is 1. The lowest BCUT2D eigenvalue weighted by Crippen LogP contribution is -2.43. The zero-order valence-corrected chi connectivity index (χ0v) is 20.8. The first kappa shape index (κ1) is 26.1. The summed E-state index contributed by atoms with van der Waals surface area (Å²) >= 11 is 0. The van der Waals surface area contributed by atoms with Gasteiger partial charge >= 0.3 is 0 Å². The van der Waals surface area contributed by atoms with Crippen molar-refractivity contribution in [3.05, 3.63) is 23.9 Å². The van der Waals surface area contributed by atoms with Crippen LogP contribution in [-0.4, -0.2) is 61.4 Å². The Balaban J connectivity index is 0.00000450. The van der Waals surface area contributed by atoms with Crippen molar-refractivity contribution in [3.63, 3.8) is 0 Å². The number of aryl methyl sites for hydroxylation is 1. The number of carbonyl (C=O) groups is 2. The molecule has 1 heterocycles. The quantitative estimate of drug-likeness (QED) is 0.273. The van der Waals surface area contributed by atoms with Crippen molar-refractivity contribution in [1.29, 1.82) is 0 Å². The molecule has 1 aromatic heterocycles. The summed E-state index contributed by atoms with van der Waals surface area (Å²) in [5.74, 6) is 1.22. The highest BCUT2D eigenvalue weighted by molar-refractivity contribution is 14.0. The van der Waals surface area contributed by atoms with Gasteiger partial charge < -0.3 is 20.9 Å². The fourth-order valence-corrected chi connectivity index (χ4v) is 3.58. The van der Waals surface area contributed by atoms with Gasteiger partial charge in [0.15, 0.2) is 5.96 Å². The van der Waals surface area contributed by atoms with Gasteiger partial charge in [0, 0.05) is 39.8 Å². The number of hydrogen-bond donors (Lipinski definition) is 3. The van der Waals surface area contributed by atoms with Gasteiger partial charge in [-0.25, -0.2) is 4.98 Å². The Bertz CT molecular complexity index is 715. The SMILES string of the molecule is CCNC(=NCC1(C(=O)N(C)C)CCCC1)NCCC(=O)Nc1ccc(C)cn1.I. The Morgan fingerprint density at radius 1 is 1.20 bits per heavy atom. The van der Waals surface area contributed by atoms with Crippen LogP contribution >= 0.6 is 24.0 Å². The number of nitrogens with zero attached hydrogens (tertiary/aromatic N) is 3. The van der Waals surface area contributed by atoms with Crippen LogP contribution in [0.3, 0.4) is 0 Å². The van der Waals surface area contributed by atoms with Gasteiger partial charge in [0.25, 0.3) is 0 Å². The number of aromatic nitrogens is 1. The number of rotatable bonds is 8. The third-order valence-corrected chi connectivity index (χ3v) is 5.13. The van der Waals surface area contributed by atoms with Crippen LogP contribution in [0.25, 0.3) is 0 Å². The molecule has 0 spiro atoms. The van der Waals surface area contributed by atoms with Crippen molar-refractivity contribution in [2.75, 3.05) is 39.0 Å². The van der Waals surface area contributed by atoms with Crippen molar-refractivity contribution in [3.8, 4) is 0 Å². The maximum atomic E-state index is 12.7. The lowest BCUT2D eigenvalue weighted by atomic mass is 9.85. The summed E-state index contributed by atoms with van der Waals surface area (Å²) in [5, 5.41) is 9.16. The number of aliphatic imine (C=N–C) groups is 1. The van der Waals surface area contributed by atoms with Gasteiger partial charge in [0.1, 0.15) is 5.82 Å². The molecule has 0 atom stereocenters. The number of guanidine groups is 1. The molecule has 3 N–H and O–H groups in total. The lowest BCUT2D eigenvalue weighted by Gasteiger charge is -2.29. The molecule has 1 saturated carbocycles. The van der Waals surface area contributed by atoms with E-state index in [4.69, 9.17) is 0 Å². The van der Waals surface area contributed by atoms with Crippen molar-refractivity contribution in [2.45, 2.75) is 46.0 Å². The van der Waals surface area contributed by atoms with Crippen molar-refractivity contribution in [2.24, 2.45) is 10.4 Å². The Hall–Kier alpha value is -1.91. The van der Waals surface area contributed by atoms with Crippen molar-refractivity contribution in [1.82, 2.24) is 20.5 Å². The molecular formula is C21H35IN6O2. The highest BCUT2D eigenvalue weighted by Gasteiger charge is 2.42. The maximum Gasteiger partial charge on any atom is 0.230 e. The number of nitrogens with one attached hydrogen (secondary N) is 3. The average Bonchev–Trinajstić information content (AvgIpc) is 3.17. The van der Waals surface area contributed by atoms with Crippen LogP contribution in [0.2, 0.25) is 0 Å². The molecule has 0 saturated heterocycles. The van der Waals surface area contributed by atoms with Crippen LogP contribution in [0.5, 0.6) is 0 Å². The van der Waals surface area contributed by atoms with E-state index in [-0.39, 0.29) is 35.8 Å². The molecule has 30 heavy (non-hydrogen) atoms. The van der Waals surface area contributed by atoms with E-state index < -0.39 is 5.41 Å². The summed E-state index contributed by atoms with van der Waals surface area (Å²) in [6.07, 6.45) is 5.88. The summed E-state index contributed by atoms with van der Waals surface area (Å²) < 4.78 is 0. The van der Waals surface area contributed by atoms with E-state index in [0.717, 1.165) is 31.2 Å². The van der Waals surface area contributed by atoms with Crippen LogP contribution in [0.1, 0.15) is 44.6 Å². The zero-order chi connectivity index (χ0) is 21.3. The van der Waals surface area contributed by atoms with E-state index in [1.807, 2.05) is 19.9 Å². The van der Waals surface area contributed by atoms with Gasteiger partial charge in [-0.05, 0) is 38.3 Å². The second-order valence-corrected chi connectivity index (χ2v) is 7.83. The van der Waals surface area contributed by atoms with Crippen LogP contribution in [0, 0.1) is 12.3 Å². The first-order chi connectivity index (χ1) is 13.9. The fraction of sp³-hybridized carbons (Fsp3) is 0.619. The second kappa shape index (κ2) is 12.7. The largest absolute Gasteiger partial charge is 0.357 e. The number of carbonyl (C=O) groups excluding carboxylic acids is 2. The monoisotopic (exact) mass is 530 g/mol. The topological polar surface area (TPSA) is 98.7 Å². The van der Waals surface area contributed by atoms with Crippen LogP contribution in [0.15, 0.2) is 23.3 Å². The summed E-state index contributed by atoms with van der Waals surface area (Å²) in [6, 6.07) is 3.69. The van der Waals surface area contributed by atoms with Crippen molar-refractivity contribution >= 4 is 47.6 Å². The van der Waals surface area contributed by atoms with Gasteiger partial charge in [0.2, 0.25) is 11.8 Å². The van der Waals surface area contributed by atoms with E-state index in [9.17, 15) is 9.59 Å². The number of hydrogen-bond acceptors (Lipinski definition) is 4. The molecule has 2 amide bonds. The van der Waals surface area contributed by atoms with Crippen LogP contribution < -0.4 is 16.0 Å². The van der Waals surface area contributed by atoms with Gasteiger partial charge in [-0.2, -0.15) is 0 Å². The smallest absolute Gasteiger partial charge is 0.230 e. The third kappa shape index (κ3) is 7.73. The zero-order valence-electron chi connectivity index (χ0n) is 18.5. The molecule has 168 valence electrons. The lowest BCUT2D eigenvalue weighted by molar-refractivity contribution is -0.138. The summed E-state index contributed by atoms with van der Waals surface area (Å²) in [4.78, 5) is 35.3. The number of amides is 2. The predicted molar refractivity (Wildman–Crippen MR) is 131 cm³/mol. The first-order valence-corrected chi connectivity index (χ1v) is 10.3. The Morgan fingerprint density at radius 2 is 1.90 bits per heavy atom. The second-order valence-electron chi connectivity index (χ2n) is 7.83. The van der Waals surface area contributed by atoms with Gasteiger partial charge in [-0.15, -0.1) is 24.0 Å². The summed E-state index contributed by atoms with van der Waals surface area (Å²) in [7, 11) is 3.61. The normalized spacial score (nSPS) is 15.1. The highest BCUT2D eigenvalue weighted by Crippen LogP contribution is 2.39. The van der Waals surface area contributed by atoms with E-state index in [1.54, 1.807) is 31.3 Å². The number of halogens is 1. The van der Waals surface area contributed by atoms with E-state index in [0.29, 0.717) is 37.8 Å². The Kier molecular flexibility index (Phi) is 11.1. The highest BCUT2D eigenvalue weighted by atomic mass is 127. The van der Waals surface area contributed by atoms with E-state index >= 15 is 0 Å². The van der Waals surface area contributed by atoms with Crippen molar-refractivity contribution < 1.29 is 9.59 Å². The Morgan fingerprint density at radius 3 is 2.47 bits per heavy atom. The standard InChI is InChI=1S/C21H34N6O2.HI/c1-5-22-20(25-15-21(11-6-7-12-21)19(29)27(3)4)23-13-10-18(28)26-17-9-8-16(2)14-24-17;/h8-9,14H,5-7,10-13,15H2,1-4H3,(H2,22,23,25)(H,24,26,28);1H. The maximum absolute atomic E-state index is 12.7. The molecule has 9 heteroatoms. The molecule has 0 unspecified atom stereocenters. The minimum absolute atomic E-state index is 0. The molecule has 1 aromatic rings. The van der Waals surface area contributed by atoms with E-state index in [2.05, 4.69) is 25.9 Å². The molecule has 0 aliphatic heterocycles. The molecule has 1 aliphatic carbocycles. The molecule has 1 fully saturated rings. The van der Waals surface area contributed by atoms with Gasteiger partial charge in [-0.1, -0.05) is 18.9 Å². The van der Waals surface area contributed by atoms with Crippen LogP contribution in [-0.2, 0) is 9.59 Å². The average molecular weight is 530 g/mol. The molecule has 2 rings (SSSR count). The summed E-state index contributed by atoms with van der Waals surface area (Å²) in [6.45, 7) is 5.55. The van der Waals surface area contributed by atoms with E-state index in [1.165, 1.54) is 0 Å². The molecule has 1 aliphatic rings. The molecular weight excluding hydrogens is 495 g/mol. The first-order valence-electron chi connectivity index (χ1n) is 10.3.